The molecule has 1 heterocycles. The number of pyridine rings is 1. The van der Waals surface area contributed by atoms with Gasteiger partial charge in [-0.3, -0.25) is 14.2 Å². The minimum atomic E-state index is -0.600. The first kappa shape index (κ1) is 19.1. The molecule has 1 aromatic carbocycles. The number of hydrogen-bond acceptors (Lipinski definition) is 6. The SMILES string of the molecule is CCCn1c(O)c(C(=O)COc2ccc(OC)cc2)c(C)c(C#N)c1=O. The van der Waals surface area contributed by atoms with Gasteiger partial charge in [-0.15, -0.1) is 0 Å². The van der Waals surface area contributed by atoms with Crippen molar-refractivity contribution in [2.24, 2.45) is 0 Å². The molecular weight excluding hydrogens is 336 g/mol. The average Bonchev–Trinajstić information content (AvgIpc) is 2.64. The number of methoxy groups -OCH3 is 1. The maximum Gasteiger partial charge on any atom is 0.271 e. The molecule has 26 heavy (non-hydrogen) atoms. The van der Waals surface area contributed by atoms with Crippen LogP contribution in [0.5, 0.6) is 17.4 Å². The number of benzene rings is 1. The number of aromatic nitrogens is 1. The third-order valence-electron chi connectivity index (χ3n) is 3.96. The van der Waals surface area contributed by atoms with E-state index >= 15 is 0 Å². The lowest BCUT2D eigenvalue weighted by molar-refractivity contribution is 0.0916. The van der Waals surface area contributed by atoms with Gasteiger partial charge in [0.1, 0.15) is 23.1 Å². The molecule has 1 N–H and O–H groups in total. The van der Waals surface area contributed by atoms with Gasteiger partial charge in [-0.05, 0) is 43.2 Å². The Labute approximate surface area is 151 Å². The van der Waals surface area contributed by atoms with Gasteiger partial charge in [0, 0.05) is 6.54 Å². The highest BCUT2D eigenvalue weighted by Crippen LogP contribution is 2.23. The molecule has 0 bridgehead atoms. The fourth-order valence-electron chi connectivity index (χ4n) is 2.61. The quantitative estimate of drug-likeness (QED) is 0.765. The second-order valence-electron chi connectivity index (χ2n) is 5.65. The fourth-order valence-corrected chi connectivity index (χ4v) is 2.61. The molecule has 0 aliphatic carbocycles. The van der Waals surface area contributed by atoms with E-state index in [2.05, 4.69) is 0 Å². The molecule has 0 saturated carbocycles. The van der Waals surface area contributed by atoms with Crippen LogP contribution in [-0.4, -0.2) is 29.2 Å². The van der Waals surface area contributed by atoms with E-state index in [1.165, 1.54) is 6.92 Å². The van der Waals surface area contributed by atoms with E-state index in [0.717, 1.165) is 4.57 Å². The van der Waals surface area contributed by atoms with Gasteiger partial charge in [0.25, 0.3) is 5.56 Å². The topological polar surface area (TPSA) is 102 Å². The number of Topliss-reactive ketones (excluding diaryl/α,β-unsaturated/α-hetero) is 1. The van der Waals surface area contributed by atoms with Crippen molar-refractivity contribution in [3.63, 3.8) is 0 Å². The van der Waals surface area contributed by atoms with Gasteiger partial charge in [-0.2, -0.15) is 5.26 Å². The molecule has 1 aromatic heterocycles. The monoisotopic (exact) mass is 356 g/mol. The lowest BCUT2D eigenvalue weighted by Crippen LogP contribution is -2.27. The van der Waals surface area contributed by atoms with Gasteiger partial charge in [0.2, 0.25) is 11.7 Å². The number of ketones is 1. The summed E-state index contributed by atoms with van der Waals surface area (Å²) in [5, 5.41) is 19.6. The average molecular weight is 356 g/mol. The number of aromatic hydroxyl groups is 1. The molecule has 0 saturated heterocycles. The summed E-state index contributed by atoms with van der Waals surface area (Å²) in [7, 11) is 1.54. The van der Waals surface area contributed by atoms with E-state index in [1.807, 2.05) is 13.0 Å². The molecule has 0 aliphatic rings. The number of hydrogen-bond donors (Lipinski definition) is 1. The van der Waals surface area contributed by atoms with Gasteiger partial charge in [-0.25, -0.2) is 0 Å². The van der Waals surface area contributed by atoms with Crippen LogP contribution in [0.2, 0.25) is 0 Å². The van der Waals surface area contributed by atoms with Crippen molar-refractivity contribution in [3.8, 4) is 23.4 Å². The second-order valence-corrected chi connectivity index (χ2v) is 5.65. The first-order valence-corrected chi connectivity index (χ1v) is 8.11. The number of nitrogens with zero attached hydrogens (tertiary/aromatic N) is 2. The van der Waals surface area contributed by atoms with Gasteiger partial charge in [0.15, 0.2) is 6.61 Å². The van der Waals surface area contributed by atoms with Crippen LogP contribution in [0.1, 0.15) is 34.8 Å². The lowest BCUT2D eigenvalue weighted by atomic mass is 10.0. The number of carbonyl (C=O) groups excluding carboxylic acids is 1. The Hall–Kier alpha value is -3.27. The van der Waals surface area contributed by atoms with Gasteiger partial charge in [-0.1, -0.05) is 6.92 Å². The van der Waals surface area contributed by atoms with Crippen molar-refractivity contribution in [2.75, 3.05) is 13.7 Å². The summed E-state index contributed by atoms with van der Waals surface area (Å²) in [5.41, 5.74) is -0.658. The van der Waals surface area contributed by atoms with Crippen molar-refractivity contribution >= 4 is 5.78 Å². The molecule has 0 unspecified atom stereocenters. The van der Waals surface area contributed by atoms with Crippen molar-refractivity contribution < 1.29 is 19.4 Å². The third kappa shape index (κ3) is 3.70. The van der Waals surface area contributed by atoms with E-state index in [9.17, 15) is 20.0 Å². The van der Waals surface area contributed by atoms with Crippen molar-refractivity contribution in [1.82, 2.24) is 4.57 Å². The maximum atomic E-state index is 12.6. The number of ether oxygens (including phenoxy) is 2. The van der Waals surface area contributed by atoms with Crippen LogP contribution in [0.25, 0.3) is 0 Å². The highest BCUT2D eigenvalue weighted by molar-refractivity contribution is 6.01. The van der Waals surface area contributed by atoms with Gasteiger partial charge < -0.3 is 14.6 Å². The van der Waals surface area contributed by atoms with E-state index in [0.29, 0.717) is 17.9 Å². The molecule has 7 nitrogen and oxygen atoms in total. The first-order valence-electron chi connectivity index (χ1n) is 8.11. The van der Waals surface area contributed by atoms with Gasteiger partial charge >= 0.3 is 0 Å². The Kier molecular flexibility index (Phi) is 6.02. The summed E-state index contributed by atoms with van der Waals surface area (Å²) < 4.78 is 11.5. The minimum absolute atomic E-state index is 0.0666. The summed E-state index contributed by atoms with van der Waals surface area (Å²) in [4.78, 5) is 24.9. The highest BCUT2D eigenvalue weighted by atomic mass is 16.5. The normalized spacial score (nSPS) is 10.2. The third-order valence-corrected chi connectivity index (χ3v) is 3.96. The van der Waals surface area contributed by atoms with Crippen molar-refractivity contribution in [1.29, 1.82) is 5.26 Å². The molecule has 2 rings (SSSR count). The Morgan fingerprint density at radius 2 is 1.88 bits per heavy atom. The second kappa shape index (κ2) is 8.21. The Balaban J connectivity index is 2.34. The Bertz CT molecular complexity index is 907. The van der Waals surface area contributed by atoms with Crippen LogP contribution >= 0.6 is 0 Å². The largest absolute Gasteiger partial charge is 0.497 e. The molecule has 0 fully saturated rings. The summed E-state index contributed by atoms with van der Waals surface area (Å²) >= 11 is 0. The molecule has 136 valence electrons. The van der Waals surface area contributed by atoms with E-state index in [1.54, 1.807) is 31.4 Å². The number of nitriles is 1. The van der Waals surface area contributed by atoms with E-state index < -0.39 is 17.2 Å². The molecule has 0 amide bonds. The van der Waals surface area contributed by atoms with E-state index in [4.69, 9.17) is 9.47 Å². The molecule has 2 aromatic rings. The summed E-state index contributed by atoms with van der Waals surface area (Å²) in [6.45, 7) is 3.16. The molecule has 7 heteroatoms. The Morgan fingerprint density at radius 3 is 2.42 bits per heavy atom. The Morgan fingerprint density at radius 1 is 1.27 bits per heavy atom. The zero-order valence-corrected chi connectivity index (χ0v) is 14.9. The van der Waals surface area contributed by atoms with Gasteiger partial charge in [0.05, 0.1) is 12.7 Å². The predicted octanol–water partition coefficient (Wildman–Crippen LogP) is 2.41. The zero-order chi connectivity index (χ0) is 19.3. The first-order chi connectivity index (χ1) is 12.4. The minimum Gasteiger partial charge on any atom is -0.497 e. The fraction of sp³-hybridized carbons (Fsp3) is 0.316. The lowest BCUT2D eigenvalue weighted by Gasteiger charge is -2.15. The molecule has 0 radical (unpaired) electrons. The standard InChI is InChI=1S/C19H20N2O5/c1-4-9-21-18(23)15(10-20)12(2)17(19(21)24)16(22)11-26-14-7-5-13(25-3)6-8-14/h5-8,24H,4,9,11H2,1-3H3. The van der Waals surface area contributed by atoms with Crippen LogP contribution < -0.4 is 15.0 Å². The molecule has 0 atom stereocenters. The van der Waals surface area contributed by atoms with Crippen molar-refractivity contribution in [3.05, 3.63) is 51.3 Å². The molecule has 0 spiro atoms. The maximum absolute atomic E-state index is 12.6. The zero-order valence-electron chi connectivity index (χ0n) is 14.9. The van der Waals surface area contributed by atoms with Crippen LogP contribution in [0.15, 0.2) is 29.1 Å². The van der Waals surface area contributed by atoms with Crippen LogP contribution in [-0.2, 0) is 6.54 Å². The predicted molar refractivity (Wildman–Crippen MR) is 94.9 cm³/mol. The van der Waals surface area contributed by atoms with Crippen LogP contribution in [0.3, 0.4) is 0 Å². The number of carbonyl (C=O) groups is 1. The smallest absolute Gasteiger partial charge is 0.271 e. The van der Waals surface area contributed by atoms with Crippen LogP contribution in [0.4, 0.5) is 0 Å². The molecule has 0 aliphatic heterocycles. The van der Waals surface area contributed by atoms with Crippen molar-refractivity contribution in [2.45, 2.75) is 26.8 Å². The highest BCUT2D eigenvalue weighted by Gasteiger charge is 2.24. The summed E-state index contributed by atoms with van der Waals surface area (Å²) in [5.74, 6) is 0.162. The number of rotatable bonds is 7. The summed E-state index contributed by atoms with van der Waals surface area (Å²) in [6, 6.07) is 8.51. The van der Waals surface area contributed by atoms with E-state index in [-0.39, 0.29) is 29.8 Å². The summed E-state index contributed by atoms with van der Waals surface area (Å²) in [6.07, 6.45) is 0.567. The molecular formula is C19H20N2O5. The van der Waals surface area contributed by atoms with Crippen LogP contribution in [0, 0.1) is 18.3 Å².